The molecule has 1 saturated heterocycles. The summed E-state index contributed by atoms with van der Waals surface area (Å²) in [5.41, 5.74) is 1.16. The van der Waals surface area contributed by atoms with Gasteiger partial charge in [-0.05, 0) is 30.8 Å². The number of benzene rings is 1. The van der Waals surface area contributed by atoms with E-state index in [-0.39, 0.29) is 18.2 Å². The van der Waals surface area contributed by atoms with E-state index in [1.54, 1.807) is 0 Å². The number of hydrogen-bond donors (Lipinski definition) is 2. The van der Waals surface area contributed by atoms with E-state index in [1.807, 2.05) is 25.2 Å². The Hall–Kier alpha value is -2.15. The number of carbonyl (C=O) groups is 2. The van der Waals surface area contributed by atoms with Crippen molar-refractivity contribution in [2.75, 3.05) is 38.1 Å². The van der Waals surface area contributed by atoms with E-state index in [9.17, 15) is 9.59 Å². The number of anilines is 1. The van der Waals surface area contributed by atoms with E-state index in [2.05, 4.69) is 27.7 Å². The lowest BCUT2D eigenvalue weighted by Crippen LogP contribution is -2.50. The fourth-order valence-corrected chi connectivity index (χ4v) is 2.80. The van der Waals surface area contributed by atoms with Crippen molar-refractivity contribution < 1.29 is 9.59 Å². The molecule has 1 aliphatic heterocycles. The quantitative estimate of drug-likeness (QED) is 0.545. The Balaban J connectivity index is 1.61. The van der Waals surface area contributed by atoms with Crippen molar-refractivity contribution in [1.29, 1.82) is 0 Å². The van der Waals surface area contributed by atoms with Crippen molar-refractivity contribution in [1.82, 2.24) is 15.5 Å². The largest absolute Gasteiger partial charge is 0.375 e. The van der Waals surface area contributed by atoms with E-state index < -0.39 is 0 Å². The van der Waals surface area contributed by atoms with Gasteiger partial charge in [0, 0.05) is 51.8 Å². The molecule has 7 heteroatoms. The van der Waals surface area contributed by atoms with Crippen molar-refractivity contribution in [3.63, 3.8) is 0 Å². The van der Waals surface area contributed by atoms with Gasteiger partial charge in [0.25, 0.3) is 0 Å². The van der Waals surface area contributed by atoms with Crippen molar-refractivity contribution in [3.8, 4) is 0 Å². The molecule has 2 N–H and O–H groups in total. The summed E-state index contributed by atoms with van der Waals surface area (Å²) in [7, 11) is 2.03. The third-order valence-electron chi connectivity index (χ3n) is 3.91. The van der Waals surface area contributed by atoms with Gasteiger partial charge in [-0.1, -0.05) is 18.2 Å². The van der Waals surface area contributed by atoms with Gasteiger partial charge in [0.2, 0.25) is 11.8 Å². The second-order valence-corrected chi connectivity index (χ2v) is 6.12. The summed E-state index contributed by atoms with van der Waals surface area (Å²) >= 11 is 5.09. The average Bonchev–Trinajstić information content (AvgIpc) is 2.59. The van der Waals surface area contributed by atoms with Gasteiger partial charge in [0.05, 0.1) is 0 Å². The van der Waals surface area contributed by atoms with E-state index >= 15 is 0 Å². The van der Waals surface area contributed by atoms with Crippen LogP contribution < -0.4 is 15.5 Å². The first kappa shape index (κ1) is 18.2. The summed E-state index contributed by atoms with van der Waals surface area (Å²) in [6.45, 7) is 2.39. The molecule has 0 bridgehead atoms. The van der Waals surface area contributed by atoms with Crippen LogP contribution in [-0.4, -0.2) is 55.1 Å². The molecule has 0 aliphatic carbocycles. The molecule has 0 saturated carbocycles. The van der Waals surface area contributed by atoms with Gasteiger partial charge in [-0.2, -0.15) is 0 Å². The average molecular weight is 348 g/mol. The predicted octanol–water partition coefficient (Wildman–Crippen LogP) is 1.13. The third kappa shape index (κ3) is 5.49. The fraction of sp³-hybridized carbons (Fsp3) is 0.471. The van der Waals surface area contributed by atoms with E-state index in [0.29, 0.717) is 31.2 Å². The topological polar surface area (TPSA) is 64.7 Å². The van der Waals surface area contributed by atoms with Crippen LogP contribution in [0.4, 0.5) is 5.69 Å². The molecule has 6 nitrogen and oxygen atoms in total. The number of nitrogens with zero attached hydrogens (tertiary/aromatic N) is 2. The number of rotatable bonds is 8. The van der Waals surface area contributed by atoms with Crippen LogP contribution in [0, 0.1) is 0 Å². The van der Waals surface area contributed by atoms with Gasteiger partial charge < -0.3 is 15.5 Å². The molecule has 0 unspecified atom stereocenters. The molecule has 1 aliphatic rings. The third-order valence-corrected chi connectivity index (χ3v) is 4.28. The predicted molar refractivity (Wildman–Crippen MR) is 98.9 cm³/mol. The summed E-state index contributed by atoms with van der Waals surface area (Å²) in [6, 6.07) is 10.1. The highest BCUT2D eigenvalue weighted by molar-refractivity contribution is 7.80. The molecule has 1 aromatic rings. The number of thiocarbonyl (C=S) groups is 1. The lowest BCUT2D eigenvalue weighted by atomic mass is 10.2. The van der Waals surface area contributed by atoms with Crippen LogP contribution in [-0.2, 0) is 9.59 Å². The second-order valence-electron chi connectivity index (χ2n) is 5.74. The van der Waals surface area contributed by atoms with E-state index in [4.69, 9.17) is 12.2 Å². The fourth-order valence-electron chi connectivity index (χ4n) is 2.50. The number of nitrogens with one attached hydrogen (secondary N) is 2. The minimum Gasteiger partial charge on any atom is -0.375 e. The first-order chi connectivity index (χ1) is 11.6. The SMILES string of the molecule is CN(CCCNC(=O)CCN1C(=O)CCNC1=S)c1ccccc1. The lowest BCUT2D eigenvalue weighted by Gasteiger charge is -2.28. The van der Waals surface area contributed by atoms with E-state index in [0.717, 1.165) is 18.7 Å². The standard InChI is InChI=1S/C17H24N4O2S/c1-20(14-6-3-2-4-7-14)12-5-10-18-15(22)9-13-21-16(23)8-11-19-17(21)24/h2-4,6-7H,5,8-13H2,1H3,(H,18,22)(H,19,24). The van der Waals surface area contributed by atoms with Crippen molar-refractivity contribution in [3.05, 3.63) is 30.3 Å². The molecule has 1 aromatic carbocycles. The summed E-state index contributed by atoms with van der Waals surface area (Å²) in [5, 5.41) is 6.28. The molecule has 0 radical (unpaired) electrons. The summed E-state index contributed by atoms with van der Waals surface area (Å²) in [4.78, 5) is 27.3. The maximum absolute atomic E-state index is 11.9. The molecule has 1 fully saturated rings. The molecular weight excluding hydrogens is 324 g/mol. The monoisotopic (exact) mass is 348 g/mol. The summed E-state index contributed by atoms with van der Waals surface area (Å²) < 4.78 is 0. The molecule has 0 atom stereocenters. The Morgan fingerprint density at radius 3 is 2.83 bits per heavy atom. The van der Waals surface area contributed by atoms with Gasteiger partial charge in [0.15, 0.2) is 5.11 Å². The zero-order valence-corrected chi connectivity index (χ0v) is 14.8. The Morgan fingerprint density at radius 1 is 1.38 bits per heavy atom. The van der Waals surface area contributed by atoms with Crippen LogP contribution in [0.25, 0.3) is 0 Å². The number of hydrogen-bond acceptors (Lipinski definition) is 4. The molecule has 24 heavy (non-hydrogen) atoms. The number of amides is 2. The van der Waals surface area contributed by atoms with Crippen molar-refractivity contribution >= 4 is 34.8 Å². The highest BCUT2D eigenvalue weighted by Crippen LogP contribution is 2.10. The van der Waals surface area contributed by atoms with Crippen LogP contribution in [0.5, 0.6) is 0 Å². The van der Waals surface area contributed by atoms with Crippen LogP contribution >= 0.6 is 12.2 Å². The molecule has 130 valence electrons. The number of carbonyl (C=O) groups excluding carboxylic acids is 2. The zero-order valence-electron chi connectivity index (χ0n) is 14.0. The highest BCUT2D eigenvalue weighted by Gasteiger charge is 2.22. The molecule has 0 aromatic heterocycles. The maximum Gasteiger partial charge on any atom is 0.230 e. The normalized spacial score (nSPS) is 14.3. The van der Waals surface area contributed by atoms with Crippen molar-refractivity contribution in [2.24, 2.45) is 0 Å². The summed E-state index contributed by atoms with van der Waals surface area (Å²) in [5.74, 6) is -0.0745. The zero-order chi connectivity index (χ0) is 17.4. The molecular formula is C17H24N4O2S. The molecule has 2 amide bonds. The smallest absolute Gasteiger partial charge is 0.230 e. The lowest BCUT2D eigenvalue weighted by molar-refractivity contribution is -0.128. The maximum atomic E-state index is 11.9. The van der Waals surface area contributed by atoms with Gasteiger partial charge in [-0.3, -0.25) is 14.5 Å². The Kier molecular flexibility index (Phi) is 6.99. The molecule has 0 spiro atoms. The summed E-state index contributed by atoms with van der Waals surface area (Å²) in [6.07, 6.45) is 1.55. The Labute approximate surface area is 148 Å². The van der Waals surface area contributed by atoms with Crippen LogP contribution in [0.2, 0.25) is 0 Å². The second kappa shape index (κ2) is 9.22. The number of para-hydroxylation sites is 1. The van der Waals surface area contributed by atoms with Crippen LogP contribution in [0.1, 0.15) is 19.3 Å². The highest BCUT2D eigenvalue weighted by atomic mass is 32.1. The van der Waals surface area contributed by atoms with Gasteiger partial charge in [-0.15, -0.1) is 0 Å². The van der Waals surface area contributed by atoms with Crippen LogP contribution in [0.3, 0.4) is 0 Å². The Bertz CT molecular complexity index is 563. The van der Waals surface area contributed by atoms with Crippen molar-refractivity contribution in [2.45, 2.75) is 19.3 Å². The minimum absolute atomic E-state index is 0.0176. The minimum atomic E-state index is -0.0569. The molecule has 2 rings (SSSR count). The Morgan fingerprint density at radius 2 is 2.12 bits per heavy atom. The van der Waals surface area contributed by atoms with Gasteiger partial charge in [0.1, 0.15) is 0 Å². The first-order valence-corrected chi connectivity index (χ1v) is 8.60. The van der Waals surface area contributed by atoms with E-state index in [1.165, 1.54) is 4.90 Å². The van der Waals surface area contributed by atoms with Gasteiger partial charge in [-0.25, -0.2) is 0 Å². The van der Waals surface area contributed by atoms with Gasteiger partial charge >= 0.3 is 0 Å². The first-order valence-electron chi connectivity index (χ1n) is 8.19. The van der Waals surface area contributed by atoms with Crippen LogP contribution in [0.15, 0.2) is 30.3 Å². The molecule has 1 heterocycles.